The van der Waals surface area contributed by atoms with Crippen LogP contribution in [0.4, 0.5) is 5.69 Å². The lowest BCUT2D eigenvalue weighted by molar-refractivity contribution is -0.384. The number of unbranched alkanes of at least 4 members (excludes halogenated alkanes) is 5. The highest BCUT2D eigenvalue weighted by Gasteiger charge is 2.29. The predicted octanol–water partition coefficient (Wildman–Crippen LogP) is 3.82. The van der Waals surface area contributed by atoms with Crippen LogP contribution in [-0.2, 0) is 9.53 Å². The van der Waals surface area contributed by atoms with Crippen LogP contribution in [0.25, 0.3) is 0 Å². The fourth-order valence-electron chi connectivity index (χ4n) is 2.27. The molecule has 134 valence electrons. The number of nitriles is 1. The van der Waals surface area contributed by atoms with Crippen LogP contribution in [0.5, 0.6) is 0 Å². The second-order valence-electron chi connectivity index (χ2n) is 5.67. The summed E-state index contributed by atoms with van der Waals surface area (Å²) in [6, 6.07) is 6.42. The summed E-state index contributed by atoms with van der Waals surface area (Å²) in [6.45, 7) is 2.31. The SMILES string of the molecule is CCCCCCCCOC(=O)C(C#N)C(=O)c1ccc([N+](=O)[O-])cc1. The van der Waals surface area contributed by atoms with Crippen LogP contribution in [0.1, 0.15) is 55.8 Å². The Morgan fingerprint density at radius 1 is 1.16 bits per heavy atom. The van der Waals surface area contributed by atoms with E-state index in [1.54, 1.807) is 6.07 Å². The zero-order valence-corrected chi connectivity index (χ0v) is 14.3. The number of ketones is 1. The van der Waals surface area contributed by atoms with E-state index in [4.69, 9.17) is 10.00 Å². The Bertz CT molecular complexity index is 634. The van der Waals surface area contributed by atoms with Crippen molar-refractivity contribution in [2.24, 2.45) is 5.92 Å². The zero-order chi connectivity index (χ0) is 18.7. The number of benzene rings is 1. The third-order valence-electron chi connectivity index (χ3n) is 3.73. The first-order valence-corrected chi connectivity index (χ1v) is 8.36. The van der Waals surface area contributed by atoms with E-state index in [0.29, 0.717) is 6.42 Å². The van der Waals surface area contributed by atoms with Crippen LogP contribution in [0.2, 0.25) is 0 Å². The molecule has 0 N–H and O–H groups in total. The zero-order valence-electron chi connectivity index (χ0n) is 14.3. The lowest BCUT2D eigenvalue weighted by Gasteiger charge is -2.09. The van der Waals surface area contributed by atoms with Gasteiger partial charge in [-0.2, -0.15) is 5.26 Å². The average Bonchev–Trinajstić information content (AvgIpc) is 2.61. The Kier molecular flexibility index (Phi) is 8.86. The number of ether oxygens (including phenoxy) is 1. The Hall–Kier alpha value is -2.75. The number of rotatable bonds is 11. The number of nitro benzene ring substituents is 1. The van der Waals surface area contributed by atoms with Crippen LogP contribution < -0.4 is 0 Å². The van der Waals surface area contributed by atoms with Crippen LogP contribution in [0.3, 0.4) is 0 Å². The molecule has 0 radical (unpaired) electrons. The van der Waals surface area contributed by atoms with Gasteiger partial charge in [-0.3, -0.25) is 19.7 Å². The molecular formula is C18H22N2O5. The number of carbonyl (C=O) groups is 2. The van der Waals surface area contributed by atoms with Gasteiger partial charge >= 0.3 is 5.97 Å². The van der Waals surface area contributed by atoms with E-state index in [9.17, 15) is 19.7 Å². The average molecular weight is 346 g/mol. The minimum Gasteiger partial charge on any atom is -0.464 e. The third-order valence-corrected chi connectivity index (χ3v) is 3.73. The summed E-state index contributed by atoms with van der Waals surface area (Å²) in [5.41, 5.74) is -0.107. The number of nitrogens with zero attached hydrogens (tertiary/aromatic N) is 2. The quantitative estimate of drug-likeness (QED) is 0.150. The van der Waals surface area contributed by atoms with Gasteiger partial charge in [-0.1, -0.05) is 39.0 Å². The second-order valence-corrected chi connectivity index (χ2v) is 5.67. The Morgan fingerprint density at radius 2 is 1.76 bits per heavy atom. The summed E-state index contributed by atoms with van der Waals surface area (Å²) >= 11 is 0. The fraction of sp³-hybridized carbons (Fsp3) is 0.500. The van der Waals surface area contributed by atoms with E-state index < -0.39 is 22.6 Å². The Morgan fingerprint density at radius 3 is 2.32 bits per heavy atom. The molecule has 0 spiro atoms. The standard InChI is InChI=1S/C18H22N2O5/c1-2-3-4-5-6-7-12-25-18(22)16(13-19)17(21)14-8-10-15(11-9-14)20(23)24/h8-11,16H,2-7,12H2,1H3. The van der Waals surface area contributed by atoms with Crippen molar-refractivity contribution in [2.75, 3.05) is 6.61 Å². The minimum absolute atomic E-state index is 0.0636. The molecule has 7 heteroatoms. The van der Waals surface area contributed by atoms with E-state index in [1.807, 2.05) is 0 Å². The largest absolute Gasteiger partial charge is 0.464 e. The van der Waals surface area contributed by atoms with E-state index in [0.717, 1.165) is 37.8 Å². The van der Waals surface area contributed by atoms with Crippen molar-refractivity contribution in [3.05, 3.63) is 39.9 Å². The van der Waals surface area contributed by atoms with Crippen molar-refractivity contribution in [2.45, 2.75) is 45.4 Å². The summed E-state index contributed by atoms with van der Waals surface area (Å²) in [4.78, 5) is 34.1. The van der Waals surface area contributed by atoms with Crippen LogP contribution >= 0.6 is 0 Å². The summed E-state index contributed by atoms with van der Waals surface area (Å²) in [5.74, 6) is -3.15. The number of nitro groups is 1. The molecule has 1 atom stereocenters. The van der Waals surface area contributed by atoms with Crippen molar-refractivity contribution in [1.29, 1.82) is 5.26 Å². The van der Waals surface area contributed by atoms with Gasteiger partial charge in [0.25, 0.3) is 5.69 Å². The van der Waals surface area contributed by atoms with Crippen LogP contribution in [-0.4, -0.2) is 23.3 Å². The maximum absolute atomic E-state index is 12.2. The normalized spacial score (nSPS) is 11.4. The molecule has 0 heterocycles. The van der Waals surface area contributed by atoms with E-state index >= 15 is 0 Å². The van der Waals surface area contributed by atoms with Crippen molar-refractivity contribution in [1.82, 2.24) is 0 Å². The van der Waals surface area contributed by atoms with Crippen molar-refractivity contribution >= 4 is 17.4 Å². The lowest BCUT2D eigenvalue weighted by Crippen LogP contribution is -2.25. The van der Waals surface area contributed by atoms with Gasteiger partial charge in [0.2, 0.25) is 5.92 Å². The highest BCUT2D eigenvalue weighted by molar-refractivity contribution is 6.10. The number of esters is 1. The maximum atomic E-state index is 12.2. The van der Waals surface area contributed by atoms with Gasteiger partial charge in [0.05, 0.1) is 17.6 Å². The molecule has 0 bridgehead atoms. The van der Waals surface area contributed by atoms with Gasteiger partial charge in [-0.25, -0.2) is 0 Å². The summed E-state index contributed by atoms with van der Waals surface area (Å²) in [5, 5.41) is 19.7. The molecule has 0 saturated heterocycles. The molecule has 1 aromatic carbocycles. The van der Waals surface area contributed by atoms with Crippen molar-refractivity contribution in [3.8, 4) is 6.07 Å². The molecule has 0 saturated carbocycles. The number of carbonyl (C=O) groups excluding carboxylic acids is 2. The molecule has 0 aliphatic rings. The second kappa shape index (κ2) is 10.9. The Labute approximate surface area is 146 Å². The van der Waals surface area contributed by atoms with Gasteiger partial charge in [-0.05, 0) is 18.6 Å². The van der Waals surface area contributed by atoms with Crippen LogP contribution in [0.15, 0.2) is 24.3 Å². The van der Waals surface area contributed by atoms with E-state index in [-0.39, 0.29) is 17.9 Å². The monoisotopic (exact) mass is 346 g/mol. The molecule has 1 rings (SSSR count). The minimum atomic E-state index is -1.55. The van der Waals surface area contributed by atoms with Crippen molar-refractivity contribution < 1.29 is 19.2 Å². The van der Waals surface area contributed by atoms with Gasteiger partial charge in [0, 0.05) is 17.7 Å². The molecule has 25 heavy (non-hydrogen) atoms. The van der Waals surface area contributed by atoms with Gasteiger partial charge in [0.15, 0.2) is 5.78 Å². The molecule has 0 fully saturated rings. The molecular weight excluding hydrogens is 324 g/mol. The molecule has 0 aromatic heterocycles. The molecule has 1 unspecified atom stereocenters. The van der Waals surface area contributed by atoms with E-state index in [1.165, 1.54) is 18.6 Å². The molecule has 0 aliphatic carbocycles. The first kappa shape index (κ1) is 20.3. The highest BCUT2D eigenvalue weighted by Crippen LogP contribution is 2.16. The first-order valence-electron chi connectivity index (χ1n) is 8.36. The maximum Gasteiger partial charge on any atom is 0.331 e. The first-order chi connectivity index (χ1) is 12.0. The molecule has 1 aromatic rings. The molecule has 7 nitrogen and oxygen atoms in total. The lowest BCUT2D eigenvalue weighted by atomic mass is 9.99. The van der Waals surface area contributed by atoms with Crippen molar-refractivity contribution in [3.63, 3.8) is 0 Å². The van der Waals surface area contributed by atoms with Gasteiger partial charge in [0.1, 0.15) is 0 Å². The third kappa shape index (κ3) is 6.71. The smallest absolute Gasteiger partial charge is 0.331 e. The highest BCUT2D eigenvalue weighted by atomic mass is 16.6. The van der Waals surface area contributed by atoms with Crippen LogP contribution in [0, 0.1) is 27.4 Å². The van der Waals surface area contributed by atoms with Gasteiger partial charge < -0.3 is 4.74 Å². The molecule has 0 amide bonds. The summed E-state index contributed by atoms with van der Waals surface area (Å²) < 4.78 is 5.02. The predicted molar refractivity (Wildman–Crippen MR) is 90.9 cm³/mol. The number of hydrogen-bond donors (Lipinski definition) is 0. The van der Waals surface area contributed by atoms with E-state index in [2.05, 4.69) is 6.92 Å². The number of Topliss-reactive ketones (excluding diaryl/α,β-unsaturated/α-hetero) is 1. The number of hydrogen-bond acceptors (Lipinski definition) is 6. The number of non-ortho nitro benzene ring substituents is 1. The van der Waals surface area contributed by atoms with Gasteiger partial charge in [-0.15, -0.1) is 0 Å². The summed E-state index contributed by atoms with van der Waals surface area (Å²) in [7, 11) is 0. The fourth-order valence-corrected chi connectivity index (χ4v) is 2.27. The Balaban J connectivity index is 2.50. The molecule has 0 aliphatic heterocycles. The summed E-state index contributed by atoms with van der Waals surface area (Å²) in [6.07, 6.45) is 6.17. The topological polar surface area (TPSA) is 110 Å².